The van der Waals surface area contributed by atoms with Gasteiger partial charge in [-0.15, -0.1) is 0 Å². The number of nitro benzene ring substituents is 1. The van der Waals surface area contributed by atoms with Gasteiger partial charge in [-0.3, -0.25) is 14.9 Å². The topological polar surface area (TPSA) is 83.7 Å². The van der Waals surface area contributed by atoms with Crippen molar-refractivity contribution >= 4 is 28.9 Å². The Morgan fingerprint density at radius 1 is 1.53 bits per heavy atom. The molecule has 0 radical (unpaired) electrons. The van der Waals surface area contributed by atoms with Crippen LogP contribution < -0.4 is 4.90 Å². The molecule has 0 unspecified atom stereocenters. The molecule has 0 saturated carbocycles. The Balaban J connectivity index is 3.05. The van der Waals surface area contributed by atoms with Crippen LogP contribution in [0.1, 0.15) is 20.3 Å². The summed E-state index contributed by atoms with van der Waals surface area (Å²) in [5.74, 6) is -0.908. The number of nitrogens with zero attached hydrogens (tertiary/aromatic N) is 2. The first-order chi connectivity index (χ1) is 8.82. The van der Waals surface area contributed by atoms with E-state index in [-0.39, 0.29) is 29.7 Å². The van der Waals surface area contributed by atoms with E-state index in [1.807, 2.05) is 13.8 Å². The molecule has 0 bridgehead atoms. The van der Waals surface area contributed by atoms with Crippen molar-refractivity contribution in [2.75, 3.05) is 11.4 Å². The Labute approximate surface area is 115 Å². The summed E-state index contributed by atoms with van der Waals surface area (Å²) in [6.07, 6.45) is -0.0331. The smallest absolute Gasteiger partial charge is 0.305 e. The minimum absolute atomic E-state index is 0.0279. The van der Waals surface area contributed by atoms with Crippen LogP contribution in [0.15, 0.2) is 18.2 Å². The minimum Gasteiger partial charge on any atom is -0.481 e. The van der Waals surface area contributed by atoms with Crippen LogP contribution in [0.25, 0.3) is 0 Å². The molecule has 0 amide bonds. The van der Waals surface area contributed by atoms with Crippen molar-refractivity contribution in [1.29, 1.82) is 0 Å². The van der Waals surface area contributed by atoms with E-state index in [0.29, 0.717) is 5.69 Å². The summed E-state index contributed by atoms with van der Waals surface area (Å²) in [7, 11) is 0. The number of rotatable bonds is 6. The van der Waals surface area contributed by atoms with Crippen molar-refractivity contribution in [1.82, 2.24) is 0 Å². The van der Waals surface area contributed by atoms with E-state index in [0.717, 1.165) is 0 Å². The number of halogens is 1. The second-order valence-electron chi connectivity index (χ2n) is 4.32. The second kappa shape index (κ2) is 6.38. The molecule has 0 spiro atoms. The zero-order chi connectivity index (χ0) is 14.6. The molecule has 0 aliphatic heterocycles. The minimum atomic E-state index is -0.908. The maximum Gasteiger partial charge on any atom is 0.305 e. The van der Waals surface area contributed by atoms with Gasteiger partial charge < -0.3 is 10.0 Å². The molecule has 1 aromatic rings. The Kier molecular flexibility index (Phi) is 5.11. The first-order valence-corrected chi connectivity index (χ1v) is 6.13. The van der Waals surface area contributed by atoms with Crippen molar-refractivity contribution in [2.45, 2.75) is 26.3 Å². The van der Waals surface area contributed by atoms with Crippen LogP contribution in [0.5, 0.6) is 0 Å². The molecular weight excluding hydrogens is 272 g/mol. The van der Waals surface area contributed by atoms with Crippen LogP contribution in [0.2, 0.25) is 5.02 Å². The first kappa shape index (κ1) is 15.2. The van der Waals surface area contributed by atoms with Crippen LogP contribution in [0.3, 0.4) is 0 Å². The molecule has 7 heteroatoms. The number of carboxylic acids is 1. The number of aliphatic carboxylic acids is 1. The highest BCUT2D eigenvalue weighted by atomic mass is 35.5. The molecule has 1 rings (SSSR count). The van der Waals surface area contributed by atoms with Gasteiger partial charge >= 0.3 is 5.97 Å². The SMILES string of the molecule is CC(C)N(CCC(=O)O)c1ccc(Cl)c([N+](=O)[O-])c1. The quantitative estimate of drug-likeness (QED) is 0.642. The second-order valence-corrected chi connectivity index (χ2v) is 4.73. The Morgan fingerprint density at radius 2 is 2.16 bits per heavy atom. The summed E-state index contributed by atoms with van der Waals surface area (Å²) in [6, 6.07) is 4.49. The zero-order valence-electron chi connectivity index (χ0n) is 10.7. The molecule has 0 fully saturated rings. The number of benzene rings is 1. The third-order valence-electron chi connectivity index (χ3n) is 2.65. The summed E-state index contributed by atoms with van der Waals surface area (Å²) in [4.78, 5) is 22.7. The summed E-state index contributed by atoms with van der Waals surface area (Å²) < 4.78 is 0. The first-order valence-electron chi connectivity index (χ1n) is 5.75. The molecular formula is C12H15ClN2O4. The van der Waals surface area contributed by atoms with E-state index in [9.17, 15) is 14.9 Å². The molecule has 0 atom stereocenters. The predicted octanol–water partition coefficient (Wildman–Crippen LogP) is 2.94. The van der Waals surface area contributed by atoms with Crippen LogP contribution >= 0.6 is 11.6 Å². The number of hydrogen-bond acceptors (Lipinski definition) is 4. The molecule has 0 saturated heterocycles. The lowest BCUT2D eigenvalue weighted by molar-refractivity contribution is -0.384. The average Bonchev–Trinajstić information content (AvgIpc) is 2.30. The fourth-order valence-electron chi connectivity index (χ4n) is 1.72. The van der Waals surface area contributed by atoms with Gasteiger partial charge in [0.1, 0.15) is 5.02 Å². The lowest BCUT2D eigenvalue weighted by atomic mass is 10.2. The maximum atomic E-state index is 10.8. The number of anilines is 1. The summed E-state index contributed by atoms with van der Waals surface area (Å²) in [5, 5.41) is 19.6. The summed E-state index contributed by atoms with van der Waals surface area (Å²) >= 11 is 5.75. The van der Waals surface area contributed by atoms with Gasteiger partial charge in [-0.1, -0.05) is 11.6 Å². The van der Waals surface area contributed by atoms with E-state index < -0.39 is 10.9 Å². The highest BCUT2D eigenvalue weighted by Crippen LogP contribution is 2.30. The Bertz CT molecular complexity index is 491. The van der Waals surface area contributed by atoms with Gasteiger partial charge in [0.15, 0.2) is 0 Å². The molecule has 0 aromatic heterocycles. The third-order valence-corrected chi connectivity index (χ3v) is 2.97. The monoisotopic (exact) mass is 286 g/mol. The van der Waals surface area contributed by atoms with E-state index in [4.69, 9.17) is 16.7 Å². The van der Waals surface area contributed by atoms with Gasteiger partial charge in [0.25, 0.3) is 5.69 Å². The number of carbonyl (C=O) groups is 1. The highest BCUT2D eigenvalue weighted by Gasteiger charge is 2.18. The van der Waals surface area contributed by atoms with Gasteiger partial charge in [0.05, 0.1) is 11.3 Å². The molecule has 0 aliphatic carbocycles. The van der Waals surface area contributed by atoms with Crippen molar-refractivity contribution in [3.63, 3.8) is 0 Å². The largest absolute Gasteiger partial charge is 0.481 e. The van der Waals surface area contributed by atoms with Gasteiger partial charge in [0, 0.05) is 24.3 Å². The van der Waals surface area contributed by atoms with Crippen LogP contribution in [-0.4, -0.2) is 28.6 Å². The molecule has 0 aliphatic rings. The van der Waals surface area contributed by atoms with Gasteiger partial charge in [-0.25, -0.2) is 0 Å². The van der Waals surface area contributed by atoms with Gasteiger partial charge in [-0.2, -0.15) is 0 Å². The lowest BCUT2D eigenvalue weighted by Gasteiger charge is -2.28. The molecule has 1 N–H and O–H groups in total. The number of nitro groups is 1. The number of carboxylic acid groups (broad SMARTS) is 1. The summed E-state index contributed by atoms with van der Waals surface area (Å²) in [6.45, 7) is 4.07. The van der Waals surface area contributed by atoms with E-state index in [2.05, 4.69) is 0 Å². The third kappa shape index (κ3) is 4.10. The zero-order valence-corrected chi connectivity index (χ0v) is 11.4. The number of hydrogen-bond donors (Lipinski definition) is 1. The van der Waals surface area contributed by atoms with E-state index in [1.54, 1.807) is 11.0 Å². The molecule has 6 nitrogen and oxygen atoms in total. The summed E-state index contributed by atoms with van der Waals surface area (Å²) in [5.41, 5.74) is 0.410. The van der Waals surface area contributed by atoms with Crippen molar-refractivity contribution in [2.24, 2.45) is 0 Å². The normalized spacial score (nSPS) is 10.5. The van der Waals surface area contributed by atoms with Gasteiger partial charge in [-0.05, 0) is 26.0 Å². The fraction of sp³-hybridized carbons (Fsp3) is 0.417. The standard InChI is InChI=1S/C12H15ClN2O4/c1-8(2)14(6-5-12(16)17)9-3-4-10(13)11(7-9)15(18)19/h3-4,7-8H,5-6H2,1-2H3,(H,16,17). The molecule has 1 aromatic carbocycles. The maximum absolute atomic E-state index is 10.8. The molecule has 0 heterocycles. The van der Waals surface area contributed by atoms with Crippen LogP contribution in [0, 0.1) is 10.1 Å². The average molecular weight is 287 g/mol. The van der Waals surface area contributed by atoms with Crippen molar-refractivity contribution < 1.29 is 14.8 Å². The lowest BCUT2D eigenvalue weighted by Crippen LogP contribution is -2.32. The Morgan fingerprint density at radius 3 is 2.63 bits per heavy atom. The highest BCUT2D eigenvalue weighted by molar-refractivity contribution is 6.32. The Hall–Kier alpha value is -1.82. The van der Waals surface area contributed by atoms with Gasteiger partial charge in [0.2, 0.25) is 0 Å². The molecule has 19 heavy (non-hydrogen) atoms. The van der Waals surface area contributed by atoms with E-state index in [1.165, 1.54) is 12.1 Å². The van der Waals surface area contributed by atoms with E-state index >= 15 is 0 Å². The molecule has 104 valence electrons. The fourth-order valence-corrected chi connectivity index (χ4v) is 1.91. The van der Waals surface area contributed by atoms with Crippen LogP contribution in [0.4, 0.5) is 11.4 Å². The predicted molar refractivity (Wildman–Crippen MR) is 72.8 cm³/mol. The van der Waals surface area contributed by atoms with Crippen LogP contribution in [-0.2, 0) is 4.79 Å². The van der Waals surface area contributed by atoms with Crippen molar-refractivity contribution in [3.8, 4) is 0 Å². The van der Waals surface area contributed by atoms with Crippen molar-refractivity contribution in [3.05, 3.63) is 33.3 Å².